The Hall–Kier alpha value is -1.38. The van der Waals surface area contributed by atoms with Crippen LogP contribution in [-0.4, -0.2) is 59.5 Å². The molecule has 0 bridgehead atoms. The molecule has 1 aliphatic heterocycles. The monoisotopic (exact) mass is 283 g/mol. The van der Waals surface area contributed by atoms with E-state index >= 15 is 0 Å². The van der Waals surface area contributed by atoms with Gasteiger partial charge in [-0.1, -0.05) is 12.2 Å². The molecule has 0 aromatic rings. The van der Waals surface area contributed by atoms with Gasteiger partial charge in [-0.3, -0.25) is 9.59 Å². The minimum absolute atomic E-state index is 0.0380. The molecule has 0 saturated carbocycles. The predicted octanol–water partition coefficient (Wildman–Crippen LogP) is -0.248. The van der Waals surface area contributed by atoms with Gasteiger partial charge in [0.15, 0.2) is 0 Å². The van der Waals surface area contributed by atoms with Gasteiger partial charge in [0, 0.05) is 26.7 Å². The molecule has 1 atom stereocenters. The number of nitrogens with two attached hydrogens (primary N) is 1. The maximum absolute atomic E-state index is 12.6. The lowest BCUT2D eigenvalue weighted by molar-refractivity contribution is -0.168. The second-order valence-electron chi connectivity index (χ2n) is 3.97. The summed E-state index contributed by atoms with van der Waals surface area (Å²) in [4.78, 5) is 24.1. The van der Waals surface area contributed by atoms with Gasteiger partial charge >= 0.3 is 18.0 Å². The normalized spacial score (nSPS) is 19.1. The highest BCUT2D eigenvalue weighted by Gasteiger charge is 2.44. The van der Waals surface area contributed by atoms with Gasteiger partial charge in [-0.15, -0.1) is 0 Å². The Morgan fingerprint density at radius 2 is 1.94 bits per heavy atom. The summed E-state index contributed by atoms with van der Waals surface area (Å²) in [6.07, 6.45) is -4.63. The van der Waals surface area contributed by atoms with E-state index in [0.29, 0.717) is 0 Å². The van der Waals surface area contributed by atoms with Crippen LogP contribution in [0.5, 0.6) is 0 Å². The Balaban J connectivity index is 2.80. The zero-order valence-corrected chi connectivity index (χ0v) is 10.3. The third-order valence-corrected chi connectivity index (χ3v) is 2.95. The fraction of sp³-hybridized carbons (Fsp3) is 0.667. The number of hydrogen-bond acceptors (Lipinski definition) is 3. The van der Waals surface area contributed by atoms with Crippen molar-refractivity contribution in [2.24, 2.45) is 11.7 Å². The summed E-state index contributed by atoms with van der Waals surface area (Å²) in [7, 11) is 1.41. The zero-order chi connectivity index (χ0) is 14.1. The maximum atomic E-state index is 12.6. The lowest BCUT2D eigenvalue weighted by Gasteiger charge is -2.34. The first-order valence-corrected chi connectivity index (χ1v) is 5.45. The summed E-state index contributed by atoms with van der Waals surface area (Å²) in [5, 5.41) is 0. The van der Waals surface area contributed by atoms with E-state index in [0.717, 1.165) is 9.80 Å². The van der Waals surface area contributed by atoms with Crippen molar-refractivity contribution in [3.05, 3.63) is 0 Å². The Kier molecular flexibility index (Phi) is 4.15. The van der Waals surface area contributed by atoms with Crippen LogP contribution in [0.25, 0.3) is 0 Å². The van der Waals surface area contributed by atoms with Gasteiger partial charge < -0.3 is 15.5 Å². The summed E-state index contributed by atoms with van der Waals surface area (Å²) < 4.78 is 37.9. The van der Waals surface area contributed by atoms with Gasteiger partial charge in [-0.05, 0) is 0 Å². The number of thiocarbonyl (C=S) groups is 1. The first-order chi connectivity index (χ1) is 8.14. The van der Waals surface area contributed by atoms with Crippen molar-refractivity contribution >= 4 is 29.0 Å². The number of likely N-dealkylation sites (N-methyl/N-ethyl adjacent to an activating group) is 1. The number of amides is 2. The van der Waals surface area contributed by atoms with Crippen LogP contribution in [0, 0.1) is 5.92 Å². The van der Waals surface area contributed by atoms with Crippen LogP contribution < -0.4 is 5.73 Å². The van der Waals surface area contributed by atoms with E-state index in [9.17, 15) is 22.8 Å². The van der Waals surface area contributed by atoms with Crippen molar-refractivity contribution in [3.8, 4) is 0 Å². The fourth-order valence-corrected chi connectivity index (χ4v) is 1.73. The zero-order valence-electron chi connectivity index (χ0n) is 9.53. The van der Waals surface area contributed by atoms with Gasteiger partial charge in [-0.25, -0.2) is 0 Å². The van der Waals surface area contributed by atoms with Crippen LogP contribution in [0.2, 0.25) is 0 Å². The third-order valence-electron chi connectivity index (χ3n) is 2.66. The third kappa shape index (κ3) is 3.09. The molecule has 1 heterocycles. The van der Waals surface area contributed by atoms with Gasteiger partial charge in [-0.2, -0.15) is 13.2 Å². The summed E-state index contributed by atoms with van der Waals surface area (Å²) in [5.41, 5.74) is 5.03. The van der Waals surface area contributed by atoms with Crippen molar-refractivity contribution in [1.82, 2.24) is 9.80 Å². The first-order valence-electron chi connectivity index (χ1n) is 5.05. The van der Waals surface area contributed by atoms with Crippen molar-refractivity contribution < 1.29 is 22.8 Å². The topological polar surface area (TPSA) is 66.6 Å². The molecule has 0 aliphatic carbocycles. The summed E-state index contributed by atoms with van der Waals surface area (Å²) >= 11 is 4.35. The Bertz CT molecular complexity index is 386. The number of carbonyl (C=O) groups is 2. The number of alkyl halides is 3. The van der Waals surface area contributed by atoms with Crippen LogP contribution >= 0.6 is 12.2 Å². The van der Waals surface area contributed by atoms with Crippen LogP contribution in [0.3, 0.4) is 0 Å². The van der Waals surface area contributed by atoms with Gasteiger partial charge in [0.25, 0.3) is 0 Å². The van der Waals surface area contributed by atoms with Crippen molar-refractivity contribution in [2.75, 3.05) is 26.7 Å². The smallest absolute Gasteiger partial charge is 0.393 e. The van der Waals surface area contributed by atoms with Gasteiger partial charge in [0.05, 0.1) is 4.99 Å². The molecule has 18 heavy (non-hydrogen) atoms. The van der Waals surface area contributed by atoms with Crippen LogP contribution in [0.15, 0.2) is 0 Å². The lowest BCUT2D eigenvalue weighted by atomic mass is 10.1. The fourth-order valence-electron chi connectivity index (χ4n) is 1.52. The van der Waals surface area contributed by atoms with Gasteiger partial charge in [0.2, 0.25) is 0 Å². The van der Waals surface area contributed by atoms with E-state index in [-0.39, 0.29) is 13.1 Å². The second kappa shape index (κ2) is 5.09. The summed E-state index contributed by atoms with van der Waals surface area (Å²) in [6, 6.07) is 0. The molecule has 2 amide bonds. The van der Waals surface area contributed by atoms with E-state index in [4.69, 9.17) is 5.73 Å². The number of halogens is 3. The minimum atomic E-state index is -4.63. The Morgan fingerprint density at radius 1 is 1.39 bits per heavy atom. The molecule has 5 nitrogen and oxygen atoms in total. The Morgan fingerprint density at radius 3 is 2.39 bits per heavy atom. The predicted molar refractivity (Wildman–Crippen MR) is 60.5 cm³/mol. The SMILES string of the molecule is CN1CCN(CC(C(N)=S)C(F)(F)F)C(=O)C1=O. The molecule has 0 radical (unpaired) electrons. The van der Waals surface area contributed by atoms with Crippen LogP contribution in [0.4, 0.5) is 13.2 Å². The molecule has 1 fully saturated rings. The van der Waals surface area contributed by atoms with E-state index in [1.807, 2.05) is 0 Å². The molecule has 2 N–H and O–H groups in total. The number of rotatable bonds is 3. The molecule has 1 saturated heterocycles. The highest BCUT2D eigenvalue weighted by atomic mass is 32.1. The molecular formula is C9H12F3N3O2S. The number of carbonyl (C=O) groups excluding carboxylic acids is 2. The van der Waals surface area contributed by atoms with E-state index in [2.05, 4.69) is 12.2 Å². The number of hydrogen-bond donors (Lipinski definition) is 1. The van der Waals surface area contributed by atoms with Crippen molar-refractivity contribution in [2.45, 2.75) is 6.18 Å². The van der Waals surface area contributed by atoms with Crippen LogP contribution in [0.1, 0.15) is 0 Å². The first kappa shape index (κ1) is 14.7. The summed E-state index contributed by atoms with van der Waals surface area (Å²) in [6.45, 7) is -0.486. The molecule has 102 valence electrons. The van der Waals surface area contributed by atoms with E-state index < -0.39 is 35.4 Å². The van der Waals surface area contributed by atoms with Crippen molar-refractivity contribution in [1.29, 1.82) is 0 Å². The van der Waals surface area contributed by atoms with E-state index in [1.54, 1.807) is 0 Å². The molecular weight excluding hydrogens is 271 g/mol. The molecule has 0 spiro atoms. The molecule has 0 aromatic carbocycles. The lowest BCUT2D eigenvalue weighted by Crippen LogP contribution is -2.56. The molecule has 1 rings (SSSR count). The molecule has 9 heteroatoms. The molecule has 1 aliphatic rings. The molecule has 1 unspecified atom stereocenters. The largest absolute Gasteiger partial charge is 0.399 e. The van der Waals surface area contributed by atoms with E-state index in [1.165, 1.54) is 7.05 Å². The van der Waals surface area contributed by atoms with Gasteiger partial charge in [0.1, 0.15) is 5.92 Å². The van der Waals surface area contributed by atoms with Crippen molar-refractivity contribution in [3.63, 3.8) is 0 Å². The maximum Gasteiger partial charge on any atom is 0.399 e. The Labute approximate surface area is 107 Å². The second-order valence-corrected chi connectivity index (χ2v) is 4.45. The highest BCUT2D eigenvalue weighted by molar-refractivity contribution is 7.80. The summed E-state index contributed by atoms with van der Waals surface area (Å²) in [5.74, 6) is -3.88. The standard InChI is InChI=1S/C9H12F3N3O2S/c1-14-2-3-15(8(17)7(14)16)4-5(6(13)18)9(10,11)12/h5H,2-4H2,1H3,(H2,13,18). The molecule has 0 aromatic heterocycles. The number of piperazine rings is 1. The number of nitrogens with zero attached hydrogens (tertiary/aromatic N) is 2. The quantitative estimate of drug-likeness (QED) is 0.573. The average Bonchev–Trinajstić information content (AvgIpc) is 2.22. The average molecular weight is 283 g/mol. The highest BCUT2D eigenvalue weighted by Crippen LogP contribution is 2.27. The minimum Gasteiger partial charge on any atom is -0.393 e. The van der Waals surface area contributed by atoms with Crippen LogP contribution in [-0.2, 0) is 9.59 Å².